The molecular weight excluding hydrogens is 266 g/mol. The van der Waals surface area contributed by atoms with E-state index in [1.54, 1.807) is 12.3 Å². The van der Waals surface area contributed by atoms with Crippen LogP contribution in [0.4, 0.5) is 11.5 Å². The number of aromatic nitrogens is 1. The number of carbonyl (C=O) groups excluding carboxylic acids is 1. The SMILES string of the molecule is CC1(C)OC(C=O)Nc2ccc(-c3ccc(N)nc3)cc21. The zero-order chi connectivity index (χ0) is 15.0. The van der Waals surface area contributed by atoms with E-state index in [1.807, 2.05) is 32.0 Å². The molecule has 0 bridgehead atoms. The van der Waals surface area contributed by atoms with E-state index in [0.29, 0.717) is 5.82 Å². The zero-order valence-electron chi connectivity index (χ0n) is 12.0. The molecule has 3 rings (SSSR count). The van der Waals surface area contributed by atoms with Gasteiger partial charge in [-0.2, -0.15) is 0 Å². The third-order valence-electron chi connectivity index (χ3n) is 3.63. The van der Waals surface area contributed by atoms with E-state index in [9.17, 15) is 4.79 Å². The van der Waals surface area contributed by atoms with Gasteiger partial charge in [-0.3, -0.25) is 4.79 Å². The molecule has 0 spiro atoms. The minimum atomic E-state index is -0.614. The van der Waals surface area contributed by atoms with Crippen LogP contribution in [-0.2, 0) is 15.1 Å². The monoisotopic (exact) mass is 283 g/mol. The van der Waals surface area contributed by atoms with E-state index in [4.69, 9.17) is 10.5 Å². The Kier molecular flexibility index (Phi) is 3.14. The number of rotatable bonds is 2. The van der Waals surface area contributed by atoms with Crippen molar-refractivity contribution in [3.05, 3.63) is 42.1 Å². The Balaban J connectivity index is 2.05. The molecule has 3 N–H and O–H groups in total. The van der Waals surface area contributed by atoms with Gasteiger partial charge in [0.25, 0.3) is 0 Å². The highest BCUT2D eigenvalue weighted by Crippen LogP contribution is 2.38. The van der Waals surface area contributed by atoms with E-state index in [1.165, 1.54) is 0 Å². The van der Waals surface area contributed by atoms with Crippen LogP contribution in [-0.4, -0.2) is 17.5 Å². The van der Waals surface area contributed by atoms with E-state index in [-0.39, 0.29) is 0 Å². The average Bonchev–Trinajstić information content (AvgIpc) is 2.47. The number of carbonyl (C=O) groups is 1. The van der Waals surface area contributed by atoms with Gasteiger partial charge in [-0.25, -0.2) is 4.98 Å². The summed E-state index contributed by atoms with van der Waals surface area (Å²) in [5.41, 5.74) is 9.02. The highest BCUT2D eigenvalue weighted by atomic mass is 16.5. The summed E-state index contributed by atoms with van der Waals surface area (Å²) in [7, 11) is 0. The fourth-order valence-electron chi connectivity index (χ4n) is 2.55. The maximum absolute atomic E-state index is 11.0. The van der Waals surface area contributed by atoms with Crippen LogP contribution in [0.5, 0.6) is 0 Å². The van der Waals surface area contributed by atoms with Crippen molar-refractivity contribution < 1.29 is 9.53 Å². The maximum atomic E-state index is 11.0. The van der Waals surface area contributed by atoms with Crippen LogP contribution in [0, 0.1) is 0 Å². The molecule has 21 heavy (non-hydrogen) atoms. The molecule has 1 aliphatic rings. The number of hydrogen-bond donors (Lipinski definition) is 2. The molecule has 1 aromatic carbocycles. The summed E-state index contributed by atoms with van der Waals surface area (Å²) in [6.45, 7) is 3.91. The molecule has 5 nitrogen and oxygen atoms in total. The van der Waals surface area contributed by atoms with Crippen LogP contribution >= 0.6 is 0 Å². The van der Waals surface area contributed by atoms with Gasteiger partial charge in [-0.05, 0) is 43.7 Å². The first kappa shape index (κ1) is 13.6. The second kappa shape index (κ2) is 4.86. The number of benzene rings is 1. The number of pyridine rings is 1. The van der Waals surface area contributed by atoms with E-state index < -0.39 is 11.8 Å². The standard InChI is InChI=1S/C16H17N3O2/c1-16(2)12-7-10(11-4-6-14(17)18-8-11)3-5-13(12)19-15(9-20)21-16/h3-9,15,19H,1-2H3,(H2,17,18). The Morgan fingerprint density at radius 2 is 2.05 bits per heavy atom. The van der Waals surface area contributed by atoms with Crippen molar-refractivity contribution in [3.63, 3.8) is 0 Å². The van der Waals surface area contributed by atoms with Crippen LogP contribution in [0.25, 0.3) is 11.1 Å². The second-order valence-electron chi connectivity index (χ2n) is 5.56. The molecule has 0 fully saturated rings. The molecule has 1 aromatic heterocycles. The minimum Gasteiger partial charge on any atom is -0.384 e. The molecule has 1 unspecified atom stereocenters. The predicted molar refractivity (Wildman–Crippen MR) is 81.7 cm³/mol. The lowest BCUT2D eigenvalue weighted by atomic mass is 9.91. The molecule has 5 heteroatoms. The molecular formula is C16H17N3O2. The van der Waals surface area contributed by atoms with Crippen molar-refractivity contribution in [2.45, 2.75) is 25.7 Å². The van der Waals surface area contributed by atoms with Crippen molar-refractivity contribution >= 4 is 17.8 Å². The first-order valence-corrected chi connectivity index (χ1v) is 6.76. The number of hydrogen-bond acceptors (Lipinski definition) is 5. The van der Waals surface area contributed by atoms with Crippen molar-refractivity contribution in [2.75, 3.05) is 11.1 Å². The molecule has 0 saturated heterocycles. The average molecular weight is 283 g/mol. The third kappa shape index (κ3) is 2.48. The van der Waals surface area contributed by atoms with E-state index in [2.05, 4.69) is 16.4 Å². The molecule has 0 saturated carbocycles. The summed E-state index contributed by atoms with van der Waals surface area (Å²) in [6.07, 6.45) is 1.90. The van der Waals surface area contributed by atoms with Gasteiger partial charge in [-0.1, -0.05) is 6.07 Å². The fourth-order valence-corrected chi connectivity index (χ4v) is 2.55. The third-order valence-corrected chi connectivity index (χ3v) is 3.63. The summed E-state index contributed by atoms with van der Waals surface area (Å²) in [4.78, 5) is 15.1. The van der Waals surface area contributed by atoms with Crippen LogP contribution in [0.3, 0.4) is 0 Å². The van der Waals surface area contributed by atoms with Crippen molar-refractivity contribution in [3.8, 4) is 11.1 Å². The number of fused-ring (bicyclic) bond motifs is 1. The Labute approximate surface area is 123 Å². The highest BCUT2D eigenvalue weighted by molar-refractivity contribution is 5.72. The van der Waals surface area contributed by atoms with Gasteiger partial charge in [0.05, 0.1) is 5.60 Å². The summed E-state index contributed by atoms with van der Waals surface area (Å²) < 4.78 is 5.74. The highest BCUT2D eigenvalue weighted by Gasteiger charge is 2.33. The van der Waals surface area contributed by atoms with Gasteiger partial charge in [0.1, 0.15) is 5.82 Å². The minimum absolute atomic E-state index is 0.496. The lowest BCUT2D eigenvalue weighted by Crippen LogP contribution is -2.39. The Morgan fingerprint density at radius 1 is 1.29 bits per heavy atom. The maximum Gasteiger partial charge on any atom is 0.185 e. The zero-order valence-corrected chi connectivity index (χ0v) is 12.0. The lowest BCUT2D eigenvalue weighted by Gasteiger charge is -2.37. The topological polar surface area (TPSA) is 77.2 Å². The number of nitrogen functional groups attached to an aromatic ring is 1. The number of nitrogens with two attached hydrogens (primary N) is 1. The first-order chi connectivity index (χ1) is 9.99. The van der Waals surface area contributed by atoms with Crippen LogP contribution in [0.1, 0.15) is 19.4 Å². The van der Waals surface area contributed by atoms with Crippen molar-refractivity contribution in [2.24, 2.45) is 0 Å². The summed E-state index contributed by atoms with van der Waals surface area (Å²) in [5, 5.41) is 3.06. The van der Waals surface area contributed by atoms with Gasteiger partial charge in [0.15, 0.2) is 12.5 Å². The summed E-state index contributed by atoms with van der Waals surface area (Å²) in [5.74, 6) is 0.496. The van der Waals surface area contributed by atoms with Gasteiger partial charge in [0.2, 0.25) is 0 Å². The Hall–Kier alpha value is -2.40. The van der Waals surface area contributed by atoms with E-state index >= 15 is 0 Å². The molecule has 1 aliphatic heterocycles. The molecule has 2 aromatic rings. The Morgan fingerprint density at radius 3 is 2.71 bits per heavy atom. The number of nitrogens with zero attached hydrogens (tertiary/aromatic N) is 1. The van der Waals surface area contributed by atoms with Crippen LogP contribution in [0.15, 0.2) is 36.5 Å². The smallest absolute Gasteiger partial charge is 0.185 e. The summed E-state index contributed by atoms with van der Waals surface area (Å²) in [6, 6.07) is 9.71. The number of nitrogens with one attached hydrogen (secondary N) is 1. The molecule has 2 heterocycles. The number of aldehydes is 1. The van der Waals surface area contributed by atoms with Crippen LogP contribution in [0.2, 0.25) is 0 Å². The van der Waals surface area contributed by atoms with Gasteiger partial charge in [0, 0.05) is 23.0 Å². The number of ether oxygens (including phenoxy) is 1. The second-order valence-corrected chi connectivity index (χ2v) is 5.56. The van der Waals surface area contributed by atoms with Crippen molar-refractivity contribution in [1.82, 2.24) is 4.98 Å². The Bertz CT molecular complexity index is 680. The van der Waals surface area contributed by atoms with Gasteiger partial charge >= 0.3 is 0 Å². The van der Waals surface area contributed by atoms with Gasteiger partial charge < -0.3 is 15.8 Å². The summed E-state index contributed by atoms with van der Waals surface area (Å²) >= 11 is 0. The lowest BCUT2D eigenvalue weighted by molar-refractivity contribution is -0.128. The molecule has 0 amide bonds. The van der Waals surface area contributed by atoms with Crippen LogP contribution < -0.4 is 11.1 Å². The first-order valence-electron chi connectivity index (χ1n) is 6.76. The quantitative estimate of drug-likeness (QED) is 0.828. The van der Waals surface area contributed by atoms with Gasteiger partial charge in [-0.15, -0.1) is 0 Å². The largest absolute Gasteiger partial charge is 0.384 e. The molecule has 0 radical (unpaired) electrons. The normalized spacial score (nSPS) is 19.4. The van der Waals surface area contributed by atoms with Crippen molar-refractivity contribution in [1.29, 1.82) is 0 Å². The number of anilines is 2. The fraction of sp³-hybridized carbons (Fsp3) is 0.250. The molecule has 108 valence electrons. The van der Waals surface area contributed by atoms with E-state index in [0.717, 1.165) is 28.7 Å². The molecule has 1 atom stereocenters. The molecule has 0 aliphatic carbocycles. The predicted octanol–water partition coefficient (Wildman–Crippen LogP) is 2.53.